The maximum atomic E-state index is 11.5. The summed E-state index contributed by atoms with van der Waals surface area (Å²) < 4.78 is 1.51. The number of benzene rings is 1. The third kappa shape index (κ3) is 2.17. The van der Waals surface area contributed by atoms with E-state index in [0.717, 1.165) is 12.1 Å². The van der Waals surface area contributed by atoms with Crippen molar-refractivity contribution in [3.63, 3.8) is 0 Å². The second kappa shape index (κ2) is 4.72. The summed E-state index contributed by atoms with van der Waals surface area (Å²) in [4.78, 5) is 15.2. The lowest BCUT2D eigenvalue weighted by Gasteiger charge is -2.05. The summed E-state index contributed by atoms with van der Waals surface area (Å²) in [6.45, 7) is 0.631. The molecule has 0 bridgehead atoms. The molecular formula is C12H13N3O. The molecule has 2 N–H and O–H groups in total. The van der Waals surface area contributed by atoms with Crippen LogP contribution in [0.15, 0.2) is 47.5 Å². The highest BCUT2D eigenvalue weighted by molar-refractivity contribution is 5.34. The van der Waals surface area contributed by atoms with Gasteiger partial charge in [0.15, 0.2) is 0 Å². The van der Waals surface area contributed by atoms with Crippen molar-refractivity contribution in [2.45, 2.75) is 6.42 Å². The highest BCUT2D eigenvalue weighted by atomic mass is 16.1. The average Bonchev–Trinajstić information content (AvgIpc) is 2.31. The van der Waals surface area contributed by atoms with E-state index < -0.39 is 0 Å². The minimum Gasteiger partial charge on any atom is -0.330 e. The molecule has 0 amide bonds. The van der Waals surface area contributed by atoms with E-state index >= 15 is 0 Å². The largest absolute Gasteiger partial charge is 0.352 e. The molecule has 16 heavy (non-hydrogen) atoms. The highest BCUT2D eigenvalue weighted by Crippen LogP contribution is 2.07. The predicted molar refractivity (Wildman–Crippen MR) is 62.6 cm³/mol. The van der Waals surface area contributed by atoms with Crippen molar-refractivity contribution in [3.05, 3.63) is 58.8 Å². The van der Waals surface area contributed by atoms with Crippen LogP contribution in [-0.4, -0.2) is 16.1 Å². The Kier molecular flexibility index (Phi) is 3.12. The van der Waals surface area contributed by atoms with E-state index in [1.165, 1.54) is 16.3 Å². The lowest BCUT2D eigenvalue weighted by molar-refractivity contribution is 0.909. The van der Waals surface area contributed by atoms with Crippen molar-refractivity contribution in [1.29, 1.82) is 0 Å². The first kappa shape index (κ1) is 10.6. The number of rotatable bonds is 3. The van der Waals surface area contributed by atoms with Gasteiger partial charge < -0.3 is 5.73 Å². The summed E-state index contributed by atoms with van der Waals surface area (Å²) in [6, 6.07) is 9.47. The van der Waals surface area contributed by atoms with Gasteiger partial charge in [-0.3, -0.25) is 4.57 Å². The van der Waals surface area contributed by atoms with Crippen LogP contribution >= 0.6 is 0 Å². The second-order valence-electron chi connectivity index (χ2n) is 3.48. The van der Waals surface area contributed by atoms with Crippen LogP contribution in [0.3, 0.4) is 0 Å². The van der Waals surface area contributed by atoms with Gasteiger partial charge in [-0.1, -0.05) is 12.1 Å². The van der Waals surface area contributed by atoms with E-state index in [4.69, 9.17) is 5.73 Å². The molecule has 0 aliphatic rings. The van der Waals surface area contributed by atoms with E-state index in [2.05, 4.69) is 4.98 Å². The molecule has 0 saturated carbocycles. The van der Waals surface area contributed by atoms with Gasteiger partial charge in [0.05, 0.1) is 5.69 Å². The number of aromatic nitrogens is 2. The third-order valence-corrected chi connectivity index (χ3v) is 2.36. The Labute approximate surface area is 93.4 Å². The molecule has 4 heteroatoms. The summed E-state index contributed by atoms with van der Waals surface area (Å²) in [7, 11) is 0. The number of hydrogen-bond acceptors (Lipinski definition) is 3. The Hall–Kier alpha value is -1.94. The Morgan fingerprint density at radius 2 is 2.00 bits per heavy atom. The molecule has 82 valence electrons. The number of nitrogens with two attached hydrogens (primary N) is 1. The van der Waals surface area contributed by atoms with E-state index in [9.17, 15) is 4.79 Å². The van der Waals surface area contributed by atoms with Crippen LogP contribution in [0.5, 0.6) is 0 Å². The topological polar surface area (TPSA) is 60.9 Å². The SMILES string of the molecule is NCCc1ccc(-n2cccnc2=O)cc1. The van der Waals surface area contributed by atoms with Gasteiger partial charge in [-0.15, -0.1) is 0 Å². The molecule has 1 aromatic carbocycles. The number of hydrogen-bond donors (Lipinski definition) is 1. The van der Waals surface area contributed by atoms with Crippen LogP contribution in [0, 0.1) is 0 Å². The van der Waals surface area contributed by atoms with Crippen molar-refractivity contribution in [2.75, 3.05) is 6.54 Å². The van der Waals surface area contributed by atoms with E-state index in [0.29, 0.717) is 6.54 Å². The Morgan fingerprint density at radius 1 is 1.25 bits per heavy atom. The van der Waals surface area contributed by atoms with Crippen LogP contribution in [0.25, 0.3) is 5.69 Å². The Balaban J connectivity index is 2.35. The maximum Gasteiger partial charge on any atom is 0.352 e. The third-order valence-electron chi connectivity index (χ3n) is 2.36. The van der Waals surface area contributed by atoms with Gasteiger partial charge >= 0.3 is 5.69 Å². The van der Waals surface area contributed by atoms with Gasteiger partial charge in [-0.2, -0.15) is 0 Å². The molecule has 0 aliphatic heterocycles. The molecule has 0 fully saturated rings. The van der Waals surface area contributed by atoms with E-state index in [1.807, 2.05) is 24.3 Å². The molecule has 0 aliphatic carbocycles. The van der Waals surface area contributed by atoms with E-state index in [-0.39, 0.29) is 5.69 Å². The molecule has 4 nitrogen and oxygen atoms in total. The van der Waals surface area contributed by atoms with Gasteiger partial charge in [0.2, 0.25) is 0 Å². The minimum atomic E-state index is -0.269. The first-order valence-corrected chi connectivity index (χ1v) is 5.14. The normalized spacial score (nSPS) is 10.3. The van der Waals surface area contributed by atoms with Crippen LogP contribution in [-0.2, 0) is 6.42 Å². The zero-order chi connectivity index (χ0) is 11.4. The van der Waals surface area contributed by atoms with Crippen LogP contribution in [0.4, 0.5) is 0 Å². The molecule has 2 aromatic rings. The fourth-order valence-corrected chi connectivity index (χ4v) is 1.54. The molecule has 0 saturated heterocycles. The van der Waals surface area contributed by atoms with Crippen molar-refractivity contribution in [1.82, 2.24) is 9.55 Å². The number of nitrogens with zero attached hydrogens (tertiary/aromatic N) is 2. The second-order valence-corrected chi connectivity index (χ2v) is 3.48. The summed E-state index contributed by atoms with van der Waals surface area (Å²) in [5.74, 6) is 0. The van der Waals surface area contributed by atoms with Crippen LogP contribution in [0.1, 0.15) is 5.56 Å². The molecule has 0 unspecified atom stereocenters. The quantitative estimate of drug-likeness (QED) is 0.821. The van der Waals surface area contributed by atoms with Crippen LogP contribution in [0.2, 0.25) is 0 Å². The molecule has 2 rings (SSSR count). The van der Waals surface area contributed by atoms with Crippen LogP contribution < -0.4 is 11.4 Å². The average molecular weight is 215 g/mol. The van der Waals surface area contributed by atoms with Crippen molar-refractivity contribution >= 4 is 0 Å². The van der Waals surface area contributed by atoms with Gasteiger partial charge in [0.25, 0.3) is 0 Å². The van der Waals surface area contributed by atoms with Gasteiger partial charge in [0.1, 0.15) is 0 Å². The zero-order valence-corrected chi connectivity index (χ0v) is 8.84. The molecule has 1 heterocycles. The fraction of sp³-hybridized carbons (Fsp3) is 0.167. The summed E-state index contributed by atoms with van der Waals surface area (Å²) in [5.41, 5.74) is 7.19. The molecule has 0 atom stereocenters. The maximum absolute atomic E-state index is 11.5. The minimum absolute atomic E-state index is 0.269. The lowest BCUT2D eigenvalue weighted by atomic mass is 10.1. The van der Waals surface area contributed by atoms with Gasteiger partial charge in [-0.25, -0.2) is 9.78 Å². The zero-order valence-electron chi connectivity index (χ0n) is 8.84. The first-order chi connectivity index (χ1) is 7.81. The summed E-state index contributed by atoms with van der Waals surface area (Å²) >= 11 is 0. The Morgan fingerprint density at radius 3 is 2.62 bits per heavy atom. The smallest absolute Gasteiger partial charge is 0.330 e. The van der Waals surface area contributed by atoms with Gasteiger partial charge in [0, 0.05) is 12.4 Å². The molecular weight excluding hydrogens is 202 g/mol. The standard InChI is InChI=1S/C12H13N3O/c13-7-6-10-2-4-11(5-3-10)15-9-1-8-14-12(15)16/h1-5,8-9H,6-7,13H2. The van der Waals surface area contributed by atoms with Crippen molar-refractivity contribution < 1.29 is 0 Å². The monoisotopic (exact) mass is 215 g/mol. The predicted octanol–water partition coefficient (Wildman–Crippen LogP) is 0.734. The van der Waals surface area contributed by atoms with Gasteiger partial charge in [-0.05, 0) is 36.7 Å². The summed E-state index contributed by atoms with van der Waals surface area (Å²) in [6.07, 6.45) is 4.04. The summed E-state index contributed by atoms with van der Waals surface area (Å²) in [5, 5.41) is 0. The lowest BCUT2D eigenvalue weighted by Crippen LogP contribution is -2.19. The molecule has 0 radical (unpaired) electrons. The van der Waals surface area contributed by atoms with Crippen molar-refractivity contribution in [3.8, 4) is 5.69 Å². The van der Waals surface area contributed by atoms with E-state index in [1.54, 1.807) is 12.3 Å². The van der Waals surface area contributed by atoms with Crippen molar-refractivity contribution in [2.24, 2.45) is 5.73 Å². The molecule has 0 spiro atoms. The Bertz CT molecular complexity index is 516. The first-order valence-electron chi connectivity index (χ1n) is 5.14. The molecule has 1 aromatic heterocycles. The fourth-order valence-electron chi connectivity index (χ4n) is 1.54. The highest BCUT2D eigenvalue weighted by Gasteiger charge is 1.98.